The van der Waals surface area contributed by atoms with E-state index >= 15 is 0 Å². The Morgan fingerprint density at radius 1 is 1.03 bits per heavy atom. The van der Waals surface area contributed by atoms with Crippen LogP contribution in [-0.2, 0) is 42.9 Å². The molecular weight excluding hydrogens is 392 g/mol. The van der Waals surface area contributed by atoms with Gasteiger partial charge >= 0.3 is 17.9 Å². The average molecular weight is 416 g/mol. The molecule has 0 aromatic carbocycles. The number of hydrogen-bond donors (Lipinski definition) is 1. The van der Waals surface area contributed by atoms with Crippen LogP contribution in [0.5, 0.6) is 0 Å². The second-order valence-corrected chi connectivity index (χ2v) is 6.05. The highest BCUT2D eigenvalue weighted by Crippen LogP contribution is 2.28. The third-order valence-corrected chi connectivity index (χ3v) is 3.61. The van der Waals surface area contributed by atoms with Crippen molar-refractivity contribution in [2.45, 2.75) is 58.3 Å². The molecule has 5 atom stereocenters. The predicted molar refractivity (Wildman–Crippen MR) is 94.0 cm³/mol. The molecule has 3 unspecified atom stereocenters. The summed E-state index contributed by atoms with van der Waals surface area (Å²) in [5, 5.41) is 5.88. The van der Waals surface area contributed by atoms with E-state index < -0.39 is 54.5 Å². The average Bonchev–Trinajstić information content (AvgIpc) is 2.60. The molecule has 1 aliphatic heterocycles. The van der Waals surface area contributed by atoms with Crippen LogP contribution in [0.2, 0.25) is 0 Å². The number of nitrogens with one attached hydrogen (secondary N) is 1. The summed E-state index contributed by atoms with van der Waals surface area (Å²) in [5.41, 5.74) is 8.36. The molecule has 1 heterocycles. The maximum Gasteiger partial charge on any atom is 0.303 e. The molecule has 1 fully saturated rings. The predicted octanol–water partition coefficient (Wildman–Crippen LogP) is -0.0306. The van der Waals surface area contributed by atoms with Crippen LogP contribution in [-0.4, -0.2) is 74.2 Å². The van der Waals surface area contributed by atoms with E-state index in [1.807, 2.05) is 0 Å². The molecule has 1 aliphatic rings. The van der Waals surface area contributed by atoms with Crippen LogP contribution in [0.15, 0.2) is 5.11 Å². The van der Waals surface area contributed by atoms with Gasteiger partial charge < -0.3 is 29.0 Å². The maximum absolute atomic E-state index is 11.7. The van der Waals surface area contributed by atoms with E-state index in [0.29, 0.717) is 0 Å². The van der Waals surface area contributed by atoms with Gasteiger partial charge in [-0.1, -0.05) is 5.11 Å². The standard InChI is InChI=1S/C16H24N4O9/c1-8(21)19-13-15(28-11(4)24)14(27-10(3)23)12(7-26-9(2)22)29-16(13)25-6-5-18-20-17/h12-16H,5-7H2,1-4H3,(H,19,21)/t12?,13?,14-,15?,16+/m0/s1. The molecule has 1 rings (SSSR count). The van der Waals surface area contributed by atoms with Gasteiger partial charge in [-0.15, -0.1) is 0 Å². The van der Waals surface area contributed by atoms with Gasteiger partial charge in [0.2, 0.25) is 5.91 Å². The molecule has 0 saturated carbocycles. The number of azide groups is 1. The van der Waals surface area contributed by atoms with Gasteiger partial charge in [0.05, 0.1) is 6.61 Å². The molecule has 13 heteroatoms. The highest BCUT2D eigenvalue weighted by atomic mass is 16.7. The first kappa shape index (κ1) is 24.1. The van der Waals surface area contributed by atoms with Gasteiger partial charge in [-0.2, -0.15) is 0 Å². The van der Waals surface area contributed by atoms with Crippen molar-refractivity contribution in [2.75, 3.05) is 19.8 Å². The van der Waals surface area contributed by atoms with Crippen molar-refractivity contribution in [1.29, 1.82) is 0 Å². The Hall–Kier alpha value is -2.89. The Labute approximate surface area is 166 Å². The van der Waals surface area contributed by atoms with Crippen LogP contribution >= 0.6 is 0 Å². The highest BCUT2D eigenvalue weighted by molar-refractivity contribution is 5.73. The molecule has 162 valence electrons. The lowest BCUT2D eigenvalue weighted by Gasteiger charge is -2.44. The lowest BCUT2D eigenvalue weighted by Crippen LogP contribution is -2.66. The summed E-state index contributed by atoms with van der Waals surface area (Å²) in [7, 11) is 0. The summed E-state index contributed by atoms with van der Waals surface area (Å²) in [6.07, 6.45) is -4.62. The molecule has 29 heavy (non-hydrogen) atoms. The van der Waals surface area contributed by atoms with Crippen molar-refractivity contribution in [3.8, 4) is 0 Å². The van der Waals surface area contributed by atoms with Crippen molar-refractivity contribution in [2.24, 2.45) is 5.11 Å². The Balaban J connectivity index is 3.22. The van der Waals surface area contributed by atoms with Gasteiger partial charge in [0.15, 0.2) is 18.5 Å². The van der Waals surface area contributed by atoms with E-state index in [0.717, 1.165) is 13.8 Å². The van der Waals surface area contributed by atoms with Gasteiger partial charge in [-0.05, 0) is 5.53 Å². The number of rotatable bonds is 9. The van der Waals surface area contributed by atoms with Gasteiger partial charge in [0.1, 0.15) is 18.8 Å². The Kier molecular flexibility index (Phi) is 9.86. The summed E-state index contributed by atoms with van der Waals surface area (Å²) in [6.45, 7) is 4.27. The minimum atomic E-state index is -1.20. The van der Waals surface area contributed by atoms with E-state index in [1.54, 1.807) is 0 Å². The van der Waals surface area contributed by atoms with Gasteiger partial charge in [0.25, 0.3) is 0 Å². The van der Waals surface area contributed by atoms with Crippen molar-refractivity contribution >= 4 is 23.8 Å². The van der Waals surface area contributed by atoms with Crippen LogP contribution in [0.1, 0.15) is 27.7 Å². The van der Waals surface area contributed by atoms with Gasteiger partial charge in [-0.25, -0.2) is 0 Å². The minimum Gasteiger partial charge on any atom is -0.463 e. The molecule has 0 aromatic heterocycles. The number of nitrogens with zero attached hydrogens (tertiary/aromatic N) is 3. The fourth-order valence-corrected chi connectivity index (χ4v) is 2.69. The molecule has 1 N–H and O–H groups in total. The second-order valence-electron chi connectivity index (χ2n) is 6.05. The second kappa shape index (κ2) is 11.8. The topological polar surface area (TPSA) is 175 Å². The summed E-state index contributed by atoms with van der Waals surface area (Å²) in [4.78, 5) is 48.7. The van der Waals surface area contributed by atoms with E-state index in [1.165, 1.54) is 13.8 Å². The fourth-order valence-electron chi connectivity index (χ4n) is 2.69. The smallest absolute Gasteiger partial charge is 0.303 e. The van der Waals surface area contributed by atoms with E-state index in [9.17, 15) is 19.2 Å². The third-order valence-electron chi connectivity index (χ3n) is 3.61. The summed E-state index contributed by atoms with van der Waals surface area (Å²) in [5.74, 6) is -2.50. The zero-order valence-electron chi connectivity index (χ0n) is 16.5. The van der Waals surface area contributed by atoms with Crippen LogP contribution < -0.4 is 5.32 Å². The lowest BCUT2D eigenvalue weighted by molar-refractivity contribution is -0.277. The van der Waals surface area contributed by atoms with Crippen molar-refractivity contribution in [3.63, 3.8) is 0 Å². The number of carbonyl (C=O) groups is 4. The number of carbonyl (C=O) groups excluding carboxylic acids is 4. The van der Waals surface area contributed by atoms with E-state index in [2.05, 4.69) is 15.3 Å². The van der Waals surface area contributed by atoms with Crippen LogP contribution in [0.4, 0.5) is 0 Å². The molecule has 0 spiro atoms. The first-order valence-corrected chi connectivity index (χ1v) is 8.68. The molecule has 1 amide bonds. The van der Waals surface area contributed by atoms with E-state index in [-0.39, 0.29) is 19.8 Å². The number of esters is 3. The normalized spacial score (nSPS) is 25.9. The first-order chi connectivity index (χ1) is 13.6. The molecule has 0 bridgehead atoms. The van der Waals surface area contributed by atoms with Gasteiger partial charge in [0, 0.05) is 39.2 Å². The minimum absolute atomic E-state index is 0.0244. The van der Waals surface area contributed by atoms with Crippen molar-refractivity contribution < 1.29 is 42.9 Å². The van der Waals surface area contributed by atoms with Crippen molar-refractivity contribution in [3.05, 3.63) is 10.4 Å². The highest BCUT2D eigenvalue weighted by Gasteiger charge is 2.51. The Morgan fingerprint density at radius 3 is 2.17 bits per heavy atom. The number of amides is 1. The maximum atomic E-state index is 11.7. The van der Waals surface area contributed by atoms with Crippen LogP contribution in [0.25, 0.3) is 10.4 Å². The number of hydrogen-bond acceptors (Lipinski definition) is 10. The lowest BCUT2D eigenvalue weighted by atomic mass is 9.96. The summed E-state index contributed by atoms with van der Waals surface area (Å²) < 4.78 is 26.8. The summed E-state index contributed by atoms with van der Waals surface area (Å²) >= 11 is 0. The Morgan fingerprint density at radius 2 is 1.66 bits per heavy atom. The molecule has 1 saturated heterocycles. The van der Waals surface area contributed by atoms with Crippen LogP contribution in [0, 0.1) is 0 Å². The Bertz CT molecular complexity index is 665. The summed E-state index contributed by atoms with van der Waals surface area (Å²) in [6, 6.07) is -1.06. The molecular formula is C16H24N4O9. The molecule has 0 radical (unpaired) electrons. The monoisotopic (exact) mass is 416 g/mol. The van der Waals surface area contributed by atoms with E-state index in [4.69, 9.17) is 29.2 Å². The third kappa shape index (κ3) is 8.34. The molecule has 0 aromatic rings. The SMILES string of the molecule is CC(=O)NC1C(OC(C)=O)[C@@H](OC(C)=O)C(COC(C)=O)O[C@H]1OCCN=[N+]=[N-]. The molecule has 0 aliphatic carbocycles. The number of ether oxygens (including phenoxy) is 5. The largest absolute Gasteiger partial charge is 0.463 e. The first-order valence-electron chi connectivity index (χ1n) is 8.68. The zero-order valence-corrected chi connectivity index (χ0v) is 16.5. The zero-order chi connectivity index (χ0) is 22.0. The quantitative estimate of drug-likeness (QED) is 0.135. The fraction of sp³-hybridized carbons (Fsp3) is 0.750. The molecule has 13 nitrogen and oxygen atoms in total. The van der Waals surface area contributed by atoms with Crippen LogP contribution in [0.3, 0.4) is 0 Å². The van der Waals surface area contributed by atoms with Crippen molar-refractivity contribution in [1.82, 2.24) is 5.32 Å². The van der Waals surface area contributed by atoms with Gasteiger partial charge in [-0.3, -0.25) is 19.2 Å².